The van der Waals surface area contributed by atoms with Crippen LogP contribution in [0.4, 0.5) is 0 Å². The van der Waals surface area contributed by atoms with Crippen LogP contribution in [0.3, 0.4) is 0 Å². The van der Waals surface area contributed by atoms with Crippen molar-refractivity contribution in [1.82, 2.24) is 20.0 Å². The normalized spacial score (nSPS) is 11.9. The van der Waals surface area contributed by atoms with Crippen molar-refractivity contribution in [1.29, 1.82) is 0 Å². The Labute approximate surface area is 117 Å². The Morgan fingerprint density at radius 2 is 2.20 bits per heavy atom. The first-order valence-corrected chi connectivity index (χ1v) is 10.1. The van der Waals surface area contributed by atoms with Gasteiger partial charge in [-0.25, -0.2) is 14.5 Å². The van der Waals surface area contributed by atoms with E-state index < -0.39 is 14.0 Å². The van der Waals surface area contributed by atoms with Crippen LogP contribution < -0.4 is 0 Å². The zero-order chi connectivity index (χ0) is 14.8. The summed E-state index contributed by atoms with van der Waals surface area (Å²) in [6, 6.07) is 2.53. The molecule has 0 amide bonds. The highest BCUT2D eigenvalue weighted by Gasteiger charge is 2.13. The van der Waals surface area contributed by atoms with Gasteiger partial charge in [0.15, 0.2) is 0 Å². The van der Waals surface area contributed by atoms with E-state index in [1.165, 1.54) is 12.3 Å². The molecule has 0 bridgehead atoms. The fraction of sp³-hybridized carbons (Fsp3) is 0.500. The summed E-state index contributed by atoms with van der Waals surface area (Å²) in [5, 5.41) is 16.8. The number of aromatic nitrogens is 4. The molecule has 0 atom stereocenters. The Balaban J connectivity index is 2.06. The van der Waals surface area contributed by atoms with Gasteiger partial charge in [0.2, 0.25) is 0 Å². The van der Waals surface area contributed by atoms with Gasteiger partial charge >= 0.3 is 5.97 Å². The molecule has 0 aliphatic rings. The van der Waals surface area contributed by atoms with Crippen molar-refractivity contribution < 1.29 is 14.6 Å². The summed E-state index contributed by atoms with van der Waals surface area (Å²) in [5.74, 6) is -1.07. The molecule has 2 aromatic rings. The summed E-state index contributed by atoms with van der Waals surface area (Å²) in [6.45, 7) is 7.79. The third-order valence-electron chi connectivity index (χ3n) is 2.83. The van der Waals surface area contributed by atoms with Crippen LogP contribution in [0.5, 0.6) is 0 Å². The molecule has 0 radical (unpaired) electrons. The highest BCUT2D eigenvalue weighted by molar-refractivity contribution is 6.76. The zero-order valence-corrected chi connectivity index (χ0v) is 12.8. The van der Waals surface area contributed by atoms with Crippen molar-refractivity contribution >= 4 is 25.1 Å². The Hall–Kier alpha value is -1.80. The maximum Gasteiger partial charge on any atom is 0.354 e. The molecule has 0 spiro atoms. The highest BCUT2D eigenvalue weighted by Crippen LogP contribution is 2.12. The third kappa shape index (κ3) is 3.61. The number of ether oxygens (including phenoxy) is 1. The van der Waals surface area contributed by atoms with E-state index in [1.54, 1.807) is 4.68 Å². The van der Waals surface area contributed by atoms with Crippen LogP contribution in [0.15, 0.2) is 12.3 Å². The van der Waals surface area contributed by atoms with E-state index in [4.69, 9.17) is 9.84 Å². The summed E-state index contributed by atoms with van der Waals surface area (Å²) in [4.78, 5) is 14.7. The van der Waals surface area contributed by atoms with Gasteiger partial charge in [-0.15, -0.1) is 5.10 Å². The van der Waals surface area contributed by atoms with E-state index in [9.17, 15) is 4.79 Å². The lowest BCUT2D eigenvalue weighted by Crippen LogP contribution is -2.22. The maximum atomic E-state index is 10.9. The SMILES string of the molecule is C[Si](C)(C)CCOCn1nnc2cnc(C(=O)O)cc21. The second-order valence-electron chi connectivity index (χ2n) is 5.80. The zero-order valence-electron chi connectivity index (χ0n) is 11.8. The minimum Gasteiger partial charge on any atom is -0.477 e. The van der Waals surface area contributed by atoms with Gasteiger partial charge in [-0.3, -0.25) is 0 Å². The van der Waals surface area contributed by atoms with Gasteiger partial charge < -0.3 is 9.84 Å². The molecule has 7 nitrogen and oxygen atoms in total. The molecule has 2 rings (SSSR count). The monoisotopic (exact) mass is 294 g/mol. The van der Waals surface area contributed by atoms with Crippen LogP contribution in [0.1, 0.15) is 10.5 Å². The smallest absolute Gasteiger partial charge is 0.354 e. The van der Waals surface area contributed by atoms with Gasteiger partial charge in [-0.05, 0) is 12.1 Å². The van der Waals surface area contributed by atoms with Crippen LogP contribution in [0.2, 0.25) is 25.7 Å². The molecule has 0 saturated carbocycles. The van der Waals surface area contributed by atoms with Crippen molar-refractivity contribution in [3.8, 4) is 0 Å². The van der Waals surface area contributed by atoms with E-state index >= 15 is 0 Å². The van der Waals surface area contributed by atoms with E-state index in [2.05, 4.69) is 34.9 Å². The first-order chi connectivity index (χ1) is 9.37. The van der Waals surface area contributed by atoms with Gasteiger partial charge in [0, 0.05) is 14.7 Å². The second-order valence-corrected chi connectivity index (χ2v) is 11.4. The van der Waals surface area contributed by atoms with Crippen molar-refractivity contribution in [3.05, 3.63) is 18.0 Å². The minimum atomic E-state index is -1.11. The Morgan fingerprint density at radius 1 is 1.45 bits per heavy atom. The molecule has 2 heterocycles. The molecular weight excluding hydrogens is 276 g/mol. The number of nitrogens with zero attached hydrogens (tertiary/aromatic N) is 4. The van der Waals surface area contributed by atoms with Gasteiger partial charge in [0.05, 0.1) is 11.7 Å². The van der Waals surface area contributed by atoms with E-state index in [-0.39, 0.29) is 12.4 Å². The van der Waals surface area contributed by atoms with E-state index in [0.717, 1.165) is 6.04 Å². The number of fused-ring (bicyclic) bond motifs is 1. The largest absolute Gasteiger partial charge is 0.477 e. The van der Waals surface area contributed by atoms with Gasteiger partial charge in [-0.1, -0.05) is 24.9 Å². The molecule has 20 heavy (non-hydrogen) atoms. The lowest BCUT2D eigenvalue weighted by molar-refractivity contribution is 0.0689. The Bertz CT molecular complexity index is 621. The van der Waals surface area contributed by atoms with Crippen molar-refractivity contribution in [2.45, 2.75) is 32.4 Å². The molecule has 0 aliphatic heterocycles. The van der Waals surface area contributed by atoms with Crippen LogP contribution in [0, 0.1) is 0 Å². The number of pyridine rings is 1. The average molecular weight is 294 g/mol. The van der Waals surface area contributed by atoms with Gasteiger partial charge in [-0.2, -0.15) is 0 Å². The number of carboxylic acid groups (broad SMARTS) is 1. The molecule has 108 valence electrons. The first kappa shape index (κ1) is 14.6. The maximum absolute atomic E-state index is 10.9. The highest BCUT2D eigenvalue weighted by atomic mass is 28.3. The fourth-order valence-corrected chi connectivity index (χ4v) is 2.37. The van der Waals surface area contributed by atoms with Crippen molar-refractivity contribution in [3.63, 3.8) is 0 Å². The summed E-state index contributed by atoms with van der Waals surface area (Å²) in [5.41, 5.74) is 1.15. The Morgan fingerprint density at radius 3 is 2.85 bits per heavy atom. The van der Waals surface area contributed by atoms with Gasteiger partial charge in [0.1, 0.15) is 17.9 Å². The molecule has 0 fully saturated rings. The molecule has 0 aliphatic carbocycles. The predicted molar refractivity (Wildman–Crippen MR) is 76.4 cm³/mol. The molecule has 0 saturated heterocycles. The molecule has 0 aromatic carbocycles. The lowest BCUT2D eigenvalue weighted by atomic mass is 10.3. The molecule has 1 N–H and O–H groups in total. The molecular formula is C12H18N4O3Si. The summed E-state index contributed by atoms with van der Waals surface area (Å²) >= 11 is 0. The summed E-state index contributed by atoms with van der Waals surface area (Å²) in [6.07, 6.45) is 1.41. The van der Waals surface area contributed by atoms with Crippen LogP contribution in [-0.4, -0.2) is 45.7 Å². The second kappa shape index (κ2) is 5.67. The molecule has 0 unspecified atom stereocenters. The third-order valence-corrected chi connectivity index (χ3v) is 4.53. The number of hydrogen-bond donors (Lipinski definition) is 1. The quantitative estimate of drug-likeness (QED) is 0.646. The van der Waals surface area contributed by atoms with E-state index in [1.807, 2.05) is 0 Å². The lowest BCUT2D eigenvalue weighted by Gasteiger charge is -2.15. The van der Waals surface area contributed by atoms with Crippen LogP contribution >= 0.6 is 0 Å². The Kier molecular flexibility index (Phi) is 4.14. The number of carbonyl (C=O) groups is 1. The topological polar surface area (TPSA) is 90.1 Å². The minimum absolute atomic E-state index is 0.0249. The summed E-state index contributed by atoms with van der Waals surface area (Å²) < 4.78 is 7.14. The predicted octanol–water partition coefficient (Wildman–Crippen LogP) is 1.84. The molecule has 2 aromatic heterocycles. The number of carboxylic acids is 1. The average Bonchev–Trinajstić information content (AvgIpc) is 2.76. The first-order valence-electron chi connectivity index (χ1n) is 6.37. The number of aromatic carboxylic acids is 1. The molecule has 8 heteroatoms. The van der Waals surface area contributed by atoms with Crippen LogP contribution in [0.25, 0.3) is 11.0 Å². The van der Waals surface area contributed by atoms with Crippen molar-refractivity contribution in [2.24, 2.45) is 0 Å². The standard InChI is InChI=1S/C12H18N4O3Si/c1-20(2,3)5-4-19-8-16-11-6-9(12(17)18)13-7-10(11)14-15-16/h6-7H,4-5,8H2,1-3H3,(H,17,18). The van der Waals surface area contributed by atoms with Gasteiger partial charge in [0.25, 0.3) is 0 Å². The van der Waals surface area contributed by atoms with Crippen molar-refractivity contribution in [2.75, 3.05) is 6.61 Å². The fourth-order valence-electron chi connectivity index (χ4n) is 1.61. The number of hydrogen-bond acceptors (Lipinski definition) is 5. The number of rotatable bonds is 6. The van der Waals surface area contributed by atoms with Crippen LogP contribution in [-0.2, 0) is 11.5 Å². The van der Waals surface area contributed by atoms with E-state index in [0.29, 0.717) is 17.6 Å². The summed E-state index contributed by atoms with van der Waals surface area (Å²) in [7, 11) is -1.11.